The van der Waals surface area contributed by atoms with E-state index in [4.69, 9.17) is 0 Å². The van der Waals surface area contributed by atoms with E-state index in [9.17, 15) is 18.0 Å². The Balaban J connectivity index is 1.73. The molecule has 9 heteroatoms. The summed E-state index contributed by atoms with van der Waals surface area (Å²) in [5, 5.41) is 3.02. The molecule has 0 aliphatic carbocycles. The number of aromatic amines is 1. The Labute approximate surface area is 190 Å². The van der Waals surface area contributed by atoms with Crippen LogP contribution in [0.5, 0.6) is 0 Å². The maximum atomic E-state index is 13.0. The topological polar surface area (TPSA) is 103 Å². The maximum Gasteiger partial charge on any atom is 0.256 e. The third kappa shape index (κ3) is 5.22. The fourth-order valence-corrected chi connectivity index (χ4v) is 5.79. The largest absolute Gasteiger partial charge is 0.360 e. The molecule has 0 bridgehead atoms. The van der Waals surface area contributed by atoms with E-state index in [-0.39, 0.29) is 15.8 Å². The number of amides is 1. The molecule has 2 aromatic rings. The van der Waals surface area contributed by atoms with E-state index in [2.05, 4.69) is 22.1 Å². The Morgan fingerprint density at radius 3 is 2.69 bits per heavy atom. The molecule has 1 aromatic heterocycles. The zero-order valence-corrected chi connectivity index (χ0v) is 20.0. The van der Waals surface area contributed by atoms with Gasteiger partial charge in [0.1, 0.15) is 5.56 Å². The summed E-state index contributed by atoms with van der Waals surface area (Å²) in [5.41, 5.74) is 0.00265. The van der Waals surface area contributed by atoms with Crippen LogP contribution in [-0.2, 0) is 10.0 Å². The van der Waals surface area contributed by atoms with E-state index in [0.29, 0.717) is 31.2 Å². The van der Waals surface area contributed by atoms with Crippen LogP contribution in [0.15, 0.2) is 34.1 Å². The number of benzene rings is 1. The van der Waals surface area contributed by atoms with Crippen molar-refractivity contribution in [3.63, 3.8) is 0 Å². The lowest BCUT2D eigenvalue weighted by molar-refractivity contribution is 0.0947. The van der Waals surface area contributed by atoms with Crippen molar-refractivity contribution >= 4 is 26.8 Å². The first kappa shape index (κ1) is 24.4. The number of sulfonamides is 1. The van der Waals surface area contributed by atoms with Crippen LogP contribution >= 0.6 is 0 Å². The van der Waals surface area contributed by atoms with E-state index in [0.717, 1.165) is 19.5 Å². The van der Waals surface area contributed by atoms with Crippen LogP contribution < -0.4 is 10.7 Å². The monoisotopic (exact) mass is 462 g/mol. The molecule has 1 saturated heterocycles. The third-order valence-corrected chi connectivity index (χ3v) is 8.33. The number of fused-ring (bicyclic) bond motifs is 1. The van der Waals surface area contributed by atoms with Gasteiger partial charge in [-0.25, -0.2) is 8.42 Å². The second kappa shape index (κ2) is 10.6. The molecule has 3 rings (SSSR count). The van der Waals surface area contributed by atoms with Crippen LogP contribution in [-0.4, -0.2) is 67.3 Å². The fraction of sp³-hybridized carbons (Fsp3) is 0.565. The normalized spacial score (nSPS) is 17.7. The lowest BCUT2D eigenvalue weighted by Crippen LogP contribution is -2.39. The highest BCUT2D eigenvalue weighted by Crippen LogP contribution is 2.20. The number of hydrogen-bond acceptors (Lipinski definition) is 5. The summed E-state index contributed by atoms with van der Waals surface area (Å²) in [6, 6.07) is 4.97. The number of aromatic nitrogens is 1. The zero-order chi connectivity index (χ0) is 23.3. The molecule has 1 aromatic carbocycles. The maximum absolute atomic E-state index is 13.0. The van der Waals surface area contributed by atoms with Crippen molar-refractivity contribution in [1.29, 1.82) is 0 Å². The number of hydrogen-bond donors (Lipinski definition) is 2. The summed E-state index contributed by atoms with van der Waals surface area (Å²) < 4.78 is 27.0. The first-order chi connectivity index (χ1) is 15.3. The highest BCUT2D eigenvalue weighted by atomic mass is 32.2. The van der Waals surface area contributed by atoms with Gasteiger partial charge < -0.3 is 15.2 Å². The molecule has 1 aliphatic rings. The Hall–Kier alpha value is -2.23. The van der Waals surface area contributed by atoms with Gasteiger partial charge in [-0.3, -0.25) is 9.59 Å². The Morgan fingerprint density at radius 2 is 2.00 bits per heavy atom. The standard InChI is InChI=1S/C23H34N4O4S/c1-4-27(5-2)32(30,31)18-10-11-21-19(15-18)22(28)20(16-25-21)23(29)24-12-8-14-26-13-7-6-9-17(26)3/h10-11,15-17H,4-9,12-14H2,1-3H3,(H,24,29)(H,25,28)/t17-/m0/s1. The predicted molar refractivity (Wildman–Crippen MR) is 127 cm³/mol. The van der Waals surface area contributed by atoms with Gasteiger partial charge in [-0.05, 0) is 50.9 Å². The molecule has 176 valence electrons. The molecule has 2 N–H and O–H groups in total. The van der Waals surface area contributed by atoms with E-state index >= 15 is 0 Å². The molecule has 0 saturated carbocycles. The second-order valence-electron chi connectivity index (χ2n) is 8.32. The van der Waals surface area contributed by atoms with Gasteiger partial charge in [-0.15, -0.1) is 0 Å². The SMILES string of the molecule is CCN(CC)S(=O)(=O)c1ccc2[nH]cc(C(=O)NCCCN3CCCC[C@@H]3C)c(=O)c2c1. The molecule has 0 radical (unpaired) electrons. The lowest BCUT2D eigenvalue weighted by atomic mass is 10.0. The molecule has 8 nitrogen and oxygen atoms in total. The van der Waals surface area contributed by atoms with E-state index in [1.165, 1.54) is 41.9 Å². The fourth-order valence-electron chi connectivity index (χ4n) is 4.31. The summed E-state index contributed by atoms with van der Waals surface area (Å²) >= 11 is 0. The average molecular weight is 463 g/mol. The smallest absolute Gasteiger partial charge is 0.256 e. The van der Waals surface area contributed by atoms with Crippen LogP contribution in [0.3, 0.4) is 0 Å². The number of pyridine rings is 1. The molecule has 1 aliphatic heterocycles. The van der Waals surface area contributed by atoms with Crippen LogP contribution in [0, 0.1) is 0 Å². The summed E-state index contributed by atoms with van der Waals surface area (Å²) in [6.07, 6.45) is 5.91. The van der Waals surface area contributed by atoms with Crippen LogP contribution in [0.4, 0.5) is 0 Å². The van der Waals surface area contributed by atoms with Crippen molar-refractivity contribution in [2.75, 3.05) is 32.7 Å². The van der Waals surface area contributed by atoms with Gasteiger partial charge in [0.2, 0.25) is 15.5 Å². The number of carbonyl (C=O) groups is 1. The predicted octanol–water partition coefficient (Wildman–Crippen LogP) is 2.55. The van der Waals surface area contributed by atoms with Crippen molar-refractivity contribution in [1.82, 2.24) is 19.5 Å². The van der Waals surface area contributed by atoms with Gasteiger partial charge in [0.15, 0.2) is 0 Å². The summed E-state index contributed by atoms with van der Waals surface area (Å²) in [5.74, 6) is -0.447. The Morgan fingerprint density at radius 1 is 1.25 bits per heavy atom. The lowest BCUT2D eigenvalue weighted by Gasteiger charge is -2.33. The number of nitrogens with zero attached hydrogens (tertiary/aromatic N) is 2. The third-order valence-electron chi connectivity index (χ3n) is 6.29. The van der Waals surface area contributed by atoms with Crippen LogP contribution in [0.2, 0.25) is 0 Å². The molecule has 32 heavy (non-hydrogen) atoms. The van der Waals surface area contributed by atoms with E-state index in [1.54, 1.807) is 19.9 Å². The average Bonchev–Trinajstić information content (AvgIpc) is 2.78. The summed E-state index contributed by atoms with van der Waals surface area (Å²) in [7, 11) is -3.70. The van der Waals surface area contributed by atoms with Crippen molar-refractivity contribution in [2.24, 2.45) is 0 Å². The van der Waals surface area contributed by atoms with Gasteiger partial charge in [-0.2, -0.15) is 4.31 Å². The van der Waals surface area contributed by atoms with Crippen molar-refractivity contribution in [3.8, 4) is 0 Å². The number of likely N-dealkylation sites (tertiary alicyclic amines) is 1. The van der Waals surface area contributed by atoms with Crippen molar-refractivity contribution in [2.45, 2.75) is 57.4 Å². The molecule has 2 heterocycles. The van der Waals surface area contributed by atoms with Crippen molar-refractivity contribution in [3.05, 3.63) is 40.2 Å². The van der Waals surface area contributed by atoms with E-state index in [1.807, 2.05) is 0 Å². The Bertz CT molecular complexity index is 1110. The van der Waals surface area contributed by atoms with Crippen LogP contribution in [0.1, 0.15) is 56.8 Å². The molecule has 0 spiro atoms. The summed E-state index contributed by atoms with van der Waals surface area (Å²) in [6.45, 7) is 8.95. The first-order valence-electron chi connectivity index (χ1n) is 11.5. The number of carbonyl (C=O) groups excluding carboxylic acids is 1. The van der Waals surface area contributed by atoms with Gasteiger partial charge >= 0.3 is 0 Å². The molecule has 1 atom stereocenters. The number of nitrogens with one attached hydrogen (secondary N) is 2. The molecule has 0 unspecified atom stereocenters. The minimum absolute atomic E-state index is 0.0128. The number of H-pyrrole nitrogens is 1. The van der Waals surface area contributed by atoms with E-state index < -0.39 is 21.4 Å². The molecular formula is C23H34N4O4S. The Kier molecular flexibility index (Phi) is 8.08. The molecule has 1 fully saturated rings. The zero-order valence-electron chi connectivity index (χ0n) is 19.2. The van der Waals surface area contributed by atoms with Gasteiger partial charge in [0.25, 0.3) is 5.91 Å². The first-order valence-corrected chi connectivity index (χ1v) is 12.9. The summed E-state index contributed by atoms with van der Waals surface area (Å²) in [4.78, 5) is 31.1. The van der Waals surface area contributed by atoms with Crippen molar-refractivity contribution < 1.29 is 13.2 Å². The molecule has 1 amide bonds. The second-order valence-corrected chi connectivity index (χ2v) is 10.3. The highest BCUT2D eigenvalue weighted by Gasteiger charge is 2.23. The minimum atomic E-state index is -3.70. The van der Waals surface area contributed by atoms with Gasteiger partial charge in [0.05, 0.1) is 4.90 Å². The number of rotatable bonds is 9. The number of piperidine rings is 1. The van der Waals surface area contributed by atoms with Gasteiger partial charge in [-0.1, -0.05) is 20.3 Å². The highest BCUT2D eigenvalue weighted by molar-refractivity contribution is 7.89. The quantitative estimate of drug-likeness (QED) is 0.558. The van der Waals surface area contributed by atoms with Crippen LogP contribution in [0.25, 0.3) is 10.9 Å². The molecular weight excluding hydrogens is 428 g/mol. The van der Waals surface area contributed by atoms with Gasteiger partial charge in [0, 0.05) is 49.3 Å². The minimum Gasteiger partial charge on any atom is -0.360 e.